The van der Waals surface area contributed by atoms with Crippen LogP contribution in [-0.4, -0.2) is 35.1 Å². The minimum Gasteiger partial charge on any atom is -0.497 e. The number of amides is 1. The van der Waals surface area contributed by atoms with Gasteiger partial charge in [0.05, 0.1) is 47.6 Å². The van der Waals surface area contributed by atoms with E-state index >= 15 is 0 Å². The predicted octanol–water partition coefficient (Wildman–Crippen LogP) is 4.99. The highest BCUT2D eigenvalue weighted by molar-refractivity contribution is 7.92. The number of halogens is 1. The van der Waals surface area contributed by atoms with E-state index in [2.05, 4.69) is 11.9 Å². The third kappa shape index (κ3) is 5.30. The van der Waals surface area contributed by atoms with Crippen molar-refractivity contribution in [1.29, 1.82) is 0 Å². The Morgan fingerprint density at radius 1 is 1.06 bits per heavy atom. The molecule has 0 saturated heterocycles. The molecule has 0 radical (unpaired) electrons. The number of ether oxygens (including phenoxy) is 2. The first kappa shape index (κ1) is 24.2. The molecule has 0 aliphatic carbocycles. The molecule has 172 valence electrons. The van der Waals surface area contributed by atoms with E-state index in [9.17, 15) is 13.2 Å². The number of methoxy groups -OCH3 is 2. The number of hydrogen-bond donors (Lipinski definition) is 1. The van der Waals surface area contributed by atoms with E-state index in [0.717, 1.165) is 0 Å². The summed E-state index contributed by atoms with van der Waals surface area (Å²) in [6.07, 6.45) is 1.49. The predicted molar refractivity (Wildman–Crippen MR) is 130 cm³/mol. The molecule has 0 aromatic heterocycles. The Morgan fingerprint density at radius 3 is 2.42 bits per heavy atom. The number of anilines is 2. The molecule has 1 N–H and O–H groups in total. The van der Waals surface area contributed by atoms with Crippen LogP contribution >= 0.6 is 11.6 Å². The van der Waals surface area contributed by atoms with Crippen LogP contribution in [0.25, 0.3) is 0 Å². The molecule has 3 rings (SSSR count). The van der Waals surface area contributed by atoms with Gasteiger partial charge in [0.2, 0.25) is 0 Å². The number of para-hydroxylation sites is 1. The highest BCUT2D eigenvalue weighted by Crippen LogP contribution is 2.31. The molecule has 7 nitrogen and oxygen atoms in total. The average molecular weight is 487 g/mol. The van der Waals surface area contributed by atoms with Crippen LogP contribution in [0.4, 0.5) is 11.4 Å². The molecule has 1 amide bonds. The van der Waals surface area contributed by atoms with E-state index in [-0.39, 0.29) is 22.0 Å². The van der Waals surface area contributed by atoms with Crippen LogP contribution < -0.4 is 19.1 Å². The fraction of sp³-hybridized carbons (Fsp3) is 0.125. The summed E-state index contributed by atoms with van der Waals surface area (Å²) in [5.41, 5.74) is 0.855. The molecule has 0 fully saturated rings. The van der Waals surface area contributed by atoms with Gasteiger partial charge in [0.15, 0.2) is 0 Å². The number of nitrogens with one attached hydrogen (secondary N) is 1. The van der Waals surface area contributed by atoms with Crippen molar-refractivity contribution in [1.82, 2.24) is 0 Å². The van der Waals surface area contributed by atoms with Crippen LogP contribution in [0.15, 0.2) is 84.3 Å². The maximum absolute atomic E-state index is 13.4. The lowest BCUT2D eigenvalue weighted by molar-refractivity contribution is 0.102. The molecule has 9 heteroatoms. The van der Waals surface area contributed by atoms with Crippen LogP contribution in [-0.2, 0) is 10.0 Å². The summed E-state index contributed by atoms with van der Waals surface area (Å²) in [6, 6.07) is 17.5. The third-order valence-corrected chi connectivity index (χ3v) is 6.89. The number of hydrogen-bond acceptors (Lipinski definition) is 5. The number of nitrogens with zero attached hydrogens (tertiary/aromatic N) is 1. The Balaban J connectivity index is 1.97. The molecule has 0 atom stereocenters. The Bertz CT molecular complexity index is 1260. The van der Waals surface area contributed by atoms with Crippen molar-refractivity contribution in [2.45, 2.75) is 4.90 Å². The fourth-order valence-electron chi connectivity index (χ4n) is 3.11. The zero-order valence-corrected chi connectivity index (χ0v) is 19.7. The maximum Gasteiger partial charge on any atom is 0.264 e. The van der Waals surface area contributed by atoms with Crippen molar-refractivity contribution in [2.24, 2.45) is 0 Å². The summed E-state index contributed by atoms with van der Waals surface area (Å²) in [5.74, 6) is 0.346. The van der Waals surface area contributed by atoms with Crippen molar-refractivity contribution in [3.63, 3.8) is 0 Å². The minimum absolute atomic E-state index is 0.00206. The summed E-state index contributed by atoms with van der Waals surface area (Å²) < 4.78 is 38.5. The Hall–Kier alpha value is -3.49. The van der Waals surface area contributed by atoms with Crippen LogP contribution in [0.1, 0.15) is 10.4 Å². The molecule has 0 unspecified atom stereocenters. The van der Waals surface area contributed by atoms with Crippen LogP contribution in [0.5, 0.6) is 11.5 Å². The standard InChI is InChI=1S/C24H23ClN2O5S/c1-4-14-27(17-8-6-5-7-9-17)33(29,30)19-11-12-21(25)20(16-19)24(28)26-22-13-10-18(31-2)15-23(22)32-3/h4-13,15-16H,1,14H2,2-3H3,(H,26,28). The van der Waals surface area contributed by atoms with Gasteiger partial charge >= 0.3 is 0 Å². The summed E-state index contributed by atoms with van der Waals surface area (Å²) in [4.78, 5) is 12.9. The molecule has 33 heavy (non-hydrogen) atoms. The lowest BCUT2D eigenvalue weighted by atomic mass is 10.2. The van der Waals surface area contributed by atoms with Crippen LogP contribution in [0, 0.1) is 0 Å². The van der Waals surface area contributed by atoms with Gasteiger partial charge < -0.3 is 14.8 Å². The SMILES string of the molecule is C=CCN(c1ccccc1)S(=O)(=O)c1ccc(Cl)c(C(=O)Nc2ccc(OC)cc2OC)c1. The monoisotopic (exact) mass is 486 g/mol. The van der Waals surface area contributed by atoms with Gasteiger partial charge in [-0.15, -0.1) is 6.58 Å². The summed E-state index contributed by atoms with van der Waals surface area (Å²) in [6.45, 7) is 3.71. The Labute approximate surface area is 198 Å². The van der Waals surface area contributed by atoms with Crippen LogP contribution in [0.3, 0.4) is 0 Å². The van der Waals surface area contributed by atoms with Gasteiger partial charge in [0.1, 0.15) is 11.5 Å². The number of rotatable bonds is 9. The zero-order valence-electron chi connectivity index (χ0n) is 18.1. The zero-order chi connectivity index (χ0) is 24.0. The van der Waals surface area contributed by atoms with E-state index < -0.39 is 15.9 Å². The smallest absolute Gasteiger partial charge is 0.264 e. The van der Waals surface area contributed by atoms with Gasteiger partial charge in [-0.05, 0) is 42.5 Å². The van der Waals surface area contributed by atoms with Crippen molar-refractivity contribution in [3.05, 3.63) is 90.0 Å². The molecule has 0 spiro atoms. The second-order valence-corrected chi connectivity index (χ2v) is 9.09. The topological polar surface area (TPSA) is 84.9 Å². The molecule has 0 bridgehead atoms. The van der Waals surface area contributed by atoms with Gasteiger partial charge in [-0.1, -0.05) is 35.9 Å². The van der Waals surface area contributed by atoms with Gasteiger partial charge in [-0.2, -0.15) is 0 Å². The summed E-state index contributed by atoms with van der Waals surface area (Å²) in [5, 5.41) is 2.81. The van der Waals surface area contributed by atoms with Gasteiger partial charge in [0, 0.05) is 6.07 Å². The minimum atomic E-state index is -4.00. The number of carbonyl (C=O) groups excluding carboxylic acids is 1. The second kappa shape index (κ2) is 10.4. The van der Waals surface area contributed by atoms with Crippen LogP contribution in [0.2, 0.25) is 5.02 Å². The molecular formula is C24H23ClN2O5S. The van der Waals surface area contributed by atoms with Gasteiger partial charge in [-0.25, -0.2) is 8.42 Å². The third-order valence-electron chi connectivity index (χ3n) is 4.77. The first-order chi connectivity index (χ1) is 15.8. The van der Waals surface area contributed by atoms with E-state index in [4.69, 9.17) is 21.1 Å². The highest BCUT2D eigenvalue weighted by atomic mass is 35.5. The fourth-order valence-corrected chi connectivity index (χ4v) is 4.78. The quantitative estimate of drug-likeness (QED) is 0.431. The van der Waals surface area contributed by atoms with Crippen molar-refractivity contribution < 1.29 is 22.7 Å². The maximum atomic E-state index is 13.4. The Morgan fingerprint density at radius 2 is 1.79 bits per heavy atom. The first-order valence-corrected chi connectivity index (χ1v) is 11.6. The molecule has 0 aliphatic heterocycles. The van der Waals surface area contributed by atoms with Crippen molar-refractivity contribution in [2.75, 3.05) is 30.4 Å². The van der Waals surface area contributed by atoms with E-state index in [1.807, 2.05) is 0 Å². The largest absolute Gasteiger partial charge is 0.497 e. The lowest BCUT2D eigenvalue weighted by Crippen LogP contribution is -2.31. The molecule has 3 aromatic rings. The normalized spacial score (nSPS) is 10.9. The number of carbonyl (C=O) groups is 1. The highest BCUT2D eigenvalue weighted by Gasteiger charge is 2.26. The van der Waals surface area contributed by atoms with Crippen molar-refractivity contribution >= 4 is 38.9 Å². The van der Waals surface area contributed by atoms with Crippen molar-refractivity contribution in [3.8, 4) is 11.5 Å². The summed E-state index contributed by atoms with van der Waals surface area (Å²) >= 11 is 6.25. The average Bonchev–Trinajstić information content (AvgIpc) is 2.83. The lowest BCUT2D eigenvalue weighted by Gasteiger charge is -2.23. The van der Waals surface area contributed by atoms with Gasteiger partial charge in [-0.3, -0.25) is 9.10 Å². The molecular weight excluding hydrogens is 464 g/mol. The van der Waals surface area contributed by atoms with E-state index in [1.54, 1.807) is 48.5 Å². The second-order valence-electron chi connectivity index (χ2n) is 6.82. The molecule has 0 aliphatic rings. The molecule has 0 saturated carbocycles. The number of sulfonamides is 1. The molecule has 3 aromatic carbocycles. The summed E-state index contributed by atoms with van der Waals surface area (Å²) in [7, 11) is -1.02. The van der Waals surface area contributed by atoms with E-state index in [1.165, 1.54) is 42.8 Å². The van der Waals surface area contributed by atoms with E-state index in [0.29, 0.717) is 22.9 Å². The van der Waals surface area contributed by atoms with Gasteiger partial charge in [0.25, 0.3) is 15.9 Å². The Kier molecular flexibility index (Phi) is 7.63. The number of benzene rings is 3. The first-order valence-electron chi connectivity index (χ1n) is 9.83. The molecule has 0 heterocycles.